The number of hydrogen-bond donors (Lipinski definition) is 1. The van der Waals surface area contributed by atoms with E-state index in [-0.39, 0.29) is 0 Å². The van der Waals surface area contributed by atoms with Crippen molar-refractivity contribution in [1.82, 2.24) is 9.55 Å². The average Bonchev–Trinajstić information content (AvgIpc) is 2.82. The zero-order valence-corrected chi connectivity index (χ0v) is 12.7. The molecule has 112 valence electrons. The number of fused-ring (bicyclic) bond motifs is 1. The molecule has 3 rings (SSSR count). The number of benzene rings is 1. The van der Waals surface area contributed by atoms with Gasteiger partial charge in [-0.2, -0.15) is 0 Å². The Balaban J connectivity index is 2.09. The van der Waals surface area contributed by atoms with Crippen LogP contribution in [0.2, 0.25) is 0 Å². The number of nitrogen functional groups attached to an aromatic ring is 1. The molecule has 0 radical (unpaired) electrons. The molecule has 0 saturated heterocycles. The second kappa shape index (κ2) is 5.31. The predicted octanol–water partition coefficient (Wildman–Crippen LogP) is 2.73. The van der Waals surface area contributed by atoms with Gasteiger partial charge in [0.2, 0.25) is 0 Å². The molecule has 5 nitrogen and oxygen atoms in total. The molecule has 2 aromatic rings. The zero-order valence-electron chi connectivity index (χ0n) is 12.7. The lowest BCUT2D eigenvalue weighted by Gasteiger charge is -2.20. The van der Waals surface area contributed by atoms with Crippen LogP contribution in [-0.2, 0) is 13.0 Å². The molecule has 0 bridgehead atoms. The van der Waals surface area contributed by atoms with Gasteiger partial charge in [-0.05, 0) is 24.5 Å². The molecule has 21 heavy (non-hydrogen) atoms. The first-order valence-electron chi connectivity index (χ1n) is 7.21. The lowest BCUT2D eigenvalue weighted by Crippen LogP contribution is -2.18. The average molecular weight is 287 g/mol. The van der Waals surface area contributed by atoms with E-state index < -0.39 is 0 Å². The number of imidazole rings is 1. The Labute approximate surface area is 124 Å². The van der Waals surface area contributed by atoms with Crippen LogP contribution in [0.1, 0.15) is 19.2 Å². The summed E-state index contributed by atoms with van der Waals surface area (Å²) in [6.45, 7) is 3.19. The minimum Gasteiger partial charge on any atom is -0.497 e. The minimum atomic E-state index is 0.657. The molecule has 0 spiro atoms. The number of ether oxygens (including phenoxy) is 2. The van der Waals surface area contributed by atoms with Gasteiger partial charge in [0.15, 0.2) is 0 Å². The van der Waals surface area contributed by atoms with Gasteiger partial charge >= 0.3 is 0 Å². The molecule has 0 aliphatic carbocycles. The van der Waals surface area contributed by atoms with Gasteiger partial charge in [-0.1, -0.05) is 6.92 Å². The standard InChI is InChI=1S/C16H21N3O2/c1-10-6-7-19-14(8-10)18-15(16(19)17)12-5-4-11(20-2)9-13(12)21-3/h4-5,9-10H,6-8,17H2,1-3H3. The van der Waals surface area contributed by atoms with Gasteiger partial charge in [-0.3, -0.25) is 0 Å². The van der Waals surface area contributed by atoms with E-state index in [0.29, 0.717) is 5.92 Å². The van der Waals surface area contributed by atoms with Crippen LogP contribution in [0.15, 0.2) is 18.2 Å². The van der Waals surface area contributed by atoms with Gasteiger partial charge < -0.3 is 19.8 Å². The van der Waals surface area contributed by atoms with Crippen LogP contribution in [-0.4, -0.2) is 23.8 Å². The Morgan fingerprint density at radius 1 is 1.29 bits per heavy atom. The summed E-state index contributed by atoms with van der Waals surface area (Å²) < 4.78 is 12.8. The van der Waals surface area contributed by atoms with Crippen LogP contribution >= 0.6 is 0 Å². The number of anilines is 1. The van der Waals surface area contributed by atoms with Crippen molar-refractivity contribution in [3.8, 4) is 22.8 Å². The molecule has 1 aromatic heterocycles. The first-order valence-corrected chi connectivity index (χ1v) is 7.21. The summed E-state index contributed by atoms with van der Waals surface area (Å²) in [5, 5.41) is 0. The van der Waals surface area contributed by atoms with E-state index in [2.05, 4.69) is 11.5 Å². The van der Waals surface area contributed by atoms with E-state index in [1.165, 1.54) is 0 Å². The first kappa shape index (κ1) is 13.8. The van der Waals surface area contributed by atoms with E-state index in [9.17, 15) is 0 Å². The smallest absolute Gasteiger partial charge is 0.132 e. The van der Waals surface area contributed by atoms with Crippen LogP contribution in [0.5, 0.6) is 11.5 Å². The highest BCUT2D eigenvalue weighted by Gasteiger charge is 2.23. The van der Waals surface area contributed by atoms with Crippen LogP contribution in [0.25, 0.3) is 11.3 Å². The first-order chi connectivity index (χ1) is 10.1. The van der Waals surface area contributed by atoms with Crippen LogP contribution in [0, 0.1) is 5.92 Å². The van der Waals surface area contributed by atoms with Crippen molar-refractivity contribution in [2.45, 2.75) is 26.3 Å². The molecule has 0 saturated carbocycles. The highest BCUT2D eigenvalue weighted by atomic mass is 16.5. The summed E-state index contributed by atoms with van der Waals surface area (Å²) in [5.74, 6) is 3.93. The number of nitrogens with two attached hydrogens (primary N) is 1. The summed E-state index contributed by atoms with van der Waals surface area (Å²) in [6, 6.07) is 5.71. The number of aromatic nitrogens is 2. The van der Waals surface area contributed by atoms with Gasteiger partial charge in [-0.25, -0.2) is 4.98 Å². The normalized spacial score (nSPS) is 17.4. The molecule has 1 unspecified atom stereocenters. The maximum absolute atomic E-state index is 6.31. The monoisotopic (exact) mass is 287 g/mol. The molecular weight excluding hydrogens is 266 g/mol. The Kier molecular flexibility index (Phi) is 3.49. The fourth-order valence-corrected chi connectivity index (χ4v) is 2.87. The molecule has 2 N–H and O–H groups in total. The fraction of sp³-hybridized carbons (Fsp3) is 0.438. The van der Waals surface area contributed by atoms with E-state index in [1.54, 1.807) is 14.2 Å². The van der Waals surface area contributed by atoms with Crippen molar-refractivity contribution in [3.63, 3.8) is 0 Å². The van der Waals surface area contributed by atoms with Crippen molar-refractivity contribution in [1.29, 1.82) is 0 Å². The Hall–Kier alpha value is -2.17. The number of methoxy groups -OCH3 is 2. The molecule has 1 atom stereocenters. The molecule has 5 heteroatoms. The second-order valence-electron chi connectivity index (χ2n) is 5.58. The highest BCUT2D eigenvalue weighted by molar-refractivity contribution is 5.77. The fourth-order valence-electron chi connectivity index (χ4n) is 2.87. The van der Waals surface area contributed by atoms with E-state index in [0.717, 1.165) is 53.8 Å². The van der Waals surface area contributed by atoms with Crippen LogP contribution in [0.4, 0.5) is 5.82 Å². The molecule has 0 amide bonds. The molecule has 1 aromatic carbocycles. The number of hydrogen-bond acceptors (Lipinski definition) is 4. The Morgan fingerprint density at radius 2 is 2.10 bits per heavy atom. The largest absolute Gasteiger partial charge is 0.497 e. The molecule has 0 fully saturated rings. The lowest BCUT2D eigenvalue weighted by molar-refractivity contribution is 0.395. The molecule has 1 aliphatic rings. The van der Waals surface area contributed by atoms with Gasteiger partial charge in [0, 0.05) is 24.6 Å². The van der Waals surface area contributed by atoms with Gasteiger partial charge in [0.1, 0.15) is 28.8 Å². The van der Waals surface area contributed by atoms with E-state index in [4.69, 9.17) is 20.2 Å². The minimum absolute atomic E-state index is 0.657. The quantitative estimate of drug-likeness (QED) is 0.943. The van der Waals surface area contributed by atoms with Gasteiger partial charge in [-0.15, -0.1) is 0 Å². The Morgan fingerprint density at radius 3 is 2.81 bits per heavy atom. The van der Waals surface area contributed by atoms with Crippen molar-refractivity contribution in [2.24, 2.45) is 5.92 Å². The summed E-state index contributed by atoms with van der Waals surface area (Å²) in [7, 11) is 3.28. The second-order valence-corrected chi connectivity index (χ2v) is 5.58. The predicted molar refractivity (Wildman–Crippen MR) is 82.7 cm³/mol. The zero-order chi connectivity index (χ0) is 15.0. The molecule has 2 heterocycles. The Bertz CT molecular complexity index is 664. The third-order valence-corrected chi connectivity index (χ3v) is 4.13. The van der Waals surface area contributed by atoms with Crippen molar-refractivity contribution in [2.75, 3.05) is 20.0 Å². The van der Waals surface area contributed by atoms with E-state index in [1.807, 2.05) is 18.2 Å². The summed E-state index contributed by atoms with van der Waals surface area (Å²) >= 11 is 0. The maximum Gasteiger partial charge on any atom is 0.132 e. The molecular formula is C16H21N3O2. The van der Waals surface area contributed by atoms with Crippen molar-refractivity contribution in [3.05, 3.63) is 24.0 Å². The lowest BCUT2D eigenvalue weighted by atomic mass is 10.0. The SMILES string of the molecule is COc1ccc(-c2nc3n(c2N)CCC(C)C3)c(OC)c1. The number of rotatable bonds is 3. The van der Waals surface area contributed by atoms with Crippen LogP contribution in [0.3, 0.4) is 0 Å². The topological polar surface area (TPSA) is 62.3 Å². The highest BCUT2D eigenvalue weighted by Crippen LogP contribution is 2.37. The third kappa shape index (κ3) is 2.33. The number of nitrogens with zero attached hydrogens (tertiary/aromatic N) is 2. The van der Waals surface area contributed by atoms with E-state index >= 15 is 0 Å². The summed E-state index contributed by atoms with van der Waals surface area (Å²) in [6.07, 6.45) is 2.12. The molecule has 1 aliphatic heterocycles. The van der Waals surface area contributed by atoms with Crippen molar-refractivity contribution >= 4 is 5.82 Å². The van der Waals surface area contributed by atoms with Crippen LogP contribution < -0.4 is 15.2 Å². The third-order valence-electron chi connectivity index (χ3n) is 4.13. The van der Waals surface area contributed by atoms with Gasteiger partial charge in [0.05, 0.1) is 14.2 Å². The summed E-state index contributed by atoms with van der Waals surface area (Å²) in [4.78, 5) is 4.75. The summed E-state index contributed by atoms with van der Waals surface area (Å²) in [5.41, 5.74) is 8.02. The van der Waals surface area contributed by atoms with Gasteiger partial charge in [0.25, 0.3) is 0 Å². The maximum atomic E-state index is 6.31. The van der Waals surface area contributed by atoms with Crippen molar-refractivity contribution < 1.29 is 9.47 Å².